The highest BCUT2D eigenvalue weighted by molar-refractivity contribution is 9.10. The van der Waals surface area contributed by atoms with Gasteiger partial charge in [0.05, 0.1) is 9.99 Å². The zero-order valence-electron chi connectivity index (χ0n) is 13.3. The largest absolute Gasteiger partial charge is 0.456 e. The first-order valence-corrected chi connectivity index (χ1v) is 9.08. The normalized spacial score (nSPS) is 17.5. The zero-order valence-corrected chi connectivity index (χ0v) is 14.9. The van der Waals surface area contributed by atoms with Gasteiger partial charge in [-0.05, 0) is 59.7 Å². The quantitative estimate of drug-likeness (QED) is 0.728. The Labute approximate surface area is 148 Å². The topological polar surface area (TPSA) is 69.5 Å². The summed E-state index contributed by atoms with van der Waals surface area (Å²) in [6.07, 6.45) is 4.29. The summed E-state index contributed by atoms with van der Waals surface area (Å²) in [4.78, 5) is 13.5. The van der Waals surface area contributed by atoms with Crippen LogP contribution in [0.15, 0.2) is 16.6 Å². The number of hydrogen-bond donors (Lipinski definition) is 0. The highest BCUT2D eigenvalue weighted by Gasteiger charge is 2.24. The highest BCUT2D eigenvalue weighted by atomic mass is 79.9. The van der Waals surface area contributed by atoms with Crippen molar-refractivity contribution in [3.05, 3.63) is 16.6 Å². The van der Waals surface area contributed by atoms with E-state index >= 15 is 0 Å². The molecule has 0 unspecified atom stereocenters. The molecule has 1 saturated heterocycles. The Balaban J connectivity index is 1.40. The molecule has 0 N–H and O–H groups in total. The van der Waals surface area contributed by atoms with Crippen LogP contribution in [-0.4, -0.2) is 45.9 Å². The Morgan fingerprint density at radius 3 is 2.83 bits per heavy atom. The van der Waals surface area contributed by atoms with E-state index in [1.165, 1.54) is 12.8 Å². The molecule has 128 valence electrons. The molecule has 1 aliphatic heterocycles. The van der Waals surface area contributed by atoms with Gasteiger partial charge in [0.1, 0.15) is 11.3 Å². The van der Waals surface area contributed by atoms with Crippen LogP contribution in [0.4, 0.5) is 4.79 Å². The van der Waals surface area contributed by atoms with Crippen LogP contribution in [0.5, 0.6) is 5.75 Å². The third-order valence-corrected chi connectivity index (χ3v) is 5.25. The monoisotopic (exact) mass is 394 g/mol. The predicted molar refractivity (Wildman–Crippen MR) is 90.7 cm³/mol. The standard InChI is InChI=1S/C16H19BrN4O3/c17-14-13(23-10-24-16(22)20-7-1-2-8-20)6-5-12-15(14)18-19-21(12)9-11-3-4-11/h5-6,11H,1-4,7-10H2. The maximum Gasteiger partial charge on any atom is 0.412 e. The molecular weight excluding hydrogens is 376 g/mol. The van der Waals surface area contributed by atoms with Gasteiger partial charge in [0.25, 0.3) is 0 Å². The molecule has 1 aliphatic carbocycles. The Bertz CT molecular complexity index is 753. The average Bonchev–Trinajstić information content (AvgIpc) is 3.07. The van der Waals surface area contributed by atoms with Crippen LogP contribution in [0, 0.1) is 5.92 Å². The number of aromatic nitrogens is 3. The van der Waals surface area contributed by atoms with Gasteiger partial charge in [-0.3, -0.25) is 0 Å². The van der Waals surface area contributed by atoms with Crippen LogP contribution in [0.1, 0.15) is 25.7 Å². The SMILES string of the molecule is O=C(OCOc1ccc2c(nnn2CC2CC2)c1Br)N1CCCC1. The number of halogens is 1. The molecule has 0 bridgehead atoms. The van der Waals surface area contributed by atoms with Crippen molar-refractivity contribution in [2.45, 2.75) is 32.2 Å². The summed E-state index contributed by atoms with van der Waals surface area (Å²) in [6, 6.07) is 3.79. The first kappa shape index (κ1) is 15.7. The van der Waals surface area contributed by atoms with Gasteiger partial charge in [0, 0.05) is 19.6 Å². The van der Waals surface area contributed by atoms with E-state index in [9.17, 15) is 4.79 Å². The molecule has 2 aromatic rings. The first-order chi connectivity index (χ1) is 11.7. The van der Waals surface area contributed by atoms with E-state index in [2.05, 4.69) is 26.2 Å². The molecular formula is C16H19BrN4O3. The zero-order chi connectivity index (χ0) is 16.5. The van der Waals surface area contributed by atoms with Crippen LogP contribution >= 0.6 is 15.9 Å². The van der Waals surface area contributed by atoms with E-state index in [4.69, 9.17) is 9.47 Å². The third kappa shape index (κ3) is 3.19. The Hall–Kier alpha value is -1.83. The van der Waals surface area contributed by atoms with Crippen molar-refractivity contribution >= 4 is 33.1 Å². The minimum Gasteiger partial charge on any atom is -0.456 e. The van der Waals surface area contributed by atoms with E-state index in [0.29, 0.717) is 5.75 Å². The number of carbonyl (C=O) groups is 1. The van der Waals surface area contributed by atoms with Gasteiger partial charge in [-0.1, -0.05) is 5.21 Å². The molecule has 2 fully saturated rings. The number of ether oxygens (including phenoxy) is 2. The summed E-state index contributed by atoms with van der Waals surface area (Å²) < 4.78 is 13.4. The summed E-state index contributed by atoms with van der Waals surface area (Å²) in [5.41, 5.74) is 1.74. The van der Waals surface area contributed by atoms with E-state index in [1.54, 1.807) is 4.90 Å². The molecule has 2 heterocycles. The summed E-state index contributed by atoms with van der Waals surface area (Å²) >= 11 is 3.52. The van der Waals surface area contributed by atoms with Crippen LogP contribution < -0.4 is 4.74 Å². The number of hydrogen-bond acceptors (Lipinski definition) is 5. The van der Waals surface area contributed by atoms with Crippen molar-refractivity contribution in [3.8, 4) is 5.75 Å². The second kappa shape index (κ2) is 6.58. The molecule has 24 heavy (non-hydrogen) atoms. The first-order valence-electron chi connectivity index (χ1n) is 8.28. The van der Waals surface area contributed by atoms with Gasteiger partial charge >= 0.3 is 6.09 Å². The lowest BCUT2D eigenvalue weighted by Crippen LogP contribution is -2.29. The van der Waals surface area contributed by atoms with E-state index in [1.807, 2.05) is 16.8 Å². The number of fused-ring (bicyclic) bond motifs is 1. The van der Waals surface area contributed by atoms with Gasteiger partial charge in [0.15, 0.2) is 0 Å². The summed E-state index contributed by atoms with van der Waals surface area (Å²) in [7, 11) is 0. The fourth-order valence-electron chi connectivity index (χ4n) is 2.91. The lowest BCUT2D eigenvalue weighted by Gasteiger charge is -2.15. The van der Waals surface area contributed by atoms with Crippen molar-refractivity contribution < 1.29 is 14.3 Å². The van der Waals surface area contributed by atoms with Gasteiger partial charge in [-0.25, -0.2) is 9.48 Å². The maximum absolute atomic E-state index is 11.8. The number of nitrogens with zero attached hydrogens (tertiary/aromatic N) is 4. The smallest absolute Gasteiger partial charge is 0.412 e. The Morgan fingerprint density at radius 2 is 2.08 bits per heavy atom. The van der Waals surface area contributed by atoms with Crippen LogP contribution in [0.25, 0.3) is 11.0 Å². The molecule has 1 saturated carbocycles. The van der Waals surface area contributed by atoms with Crippen LogP contribution in [0.3, 0.4) is 0 Å². The van der Waals surface area contributed by atoms with E-state index in [0.717, 1.165) is 53.9 Å². The molecule has 7 nitrogen and oxygen atoms in total. The molecule has 1 aromatic heterocycles. The lowest BCUT2D eigenvalue weighted by atomic mass is 10.3. The second-order valence-electron chi connectivity index (χ2n) is 6.33. The van der Waals surface area contributed by atoms with Crippen LogP contribution in [-0.2, 0) is 11.3 Å². The van der Waals surface area contributed by atoms with Gasteiger partial charge < -0.3 is 14.4 Å². The van der Waals surface area contributed by atoms with Crippen molar-refractivity contribution in [2.75, 3.05) is 19.9 Å². The van der Waals surface area contributed by atoms with Crippen molar-refractivity contribution in [1.29, 1.82) is 0 Å². The molecule has 0 atom stereocenters. The number of benzene rings is 1. The summed E-state index contributed by atoms with van der Waals surface area (Å²) in [6.45, 7) is 2.32. The summed E-state index contributed by atoms with van der Waals surface area (Å²) in [5.74, 6) is 1.32. The number of amides is 1. The Morgan fingerprint density at radius 1 is 1.29 bits per heavy atom. The highest BCUT2D eigenvalue weighted by Crippen LogP contribution is 2.34. The Kier molecular flexibility index (Phi) is 4.30. The maximum atomic E-state index is 11.8. The molecule has 4 rings (SSSR count). The molecule has 0 radical (unpaired) electrons. The van der Waals surface area contributed by atoms with Crippen molar-refractivity contribution in [2.24, 2.45) is 5.92 Å². The van der Waals surface area contributed by atoms with Gasteiger partial charge in [-0.2, -0.15) is 0 Å². The van der Waals surface area contributed by atoms with Crippen molar-refractivity contribution in [3.63, 3.8) is 0 Å². The van der Waals surface area contributed by atoms with Crippen molar-refractivity contribution in [1.82, 2.24) is 19.9 Å². The van der Waals surface area contributed by atoms with E-state index in [-0.39, 0.29) is 12.9 Å². The van der Waals surface area contributed by atoms with E-state index < -0.39 is 0 Å². The fraction of sp³-hybridized carbons (Fsp3) is 0.562. The molecule has 1 aromatic carbocycles. The molecule has 0 spiro atoms. The second-order valence-corrected chi connectivity index (χ2v) is 7.12. The molecule has 1 amide bonds. The van der Waals surface area contributed by atoms with Gasteiger partial charge in [-0.15, -0.1) is 5.10 Å². The minimum atomic E-state index is -0.319. The molecule has 2 aliphatic rings. The fourth-order valence-corrected chi connectivity index (χ4v) is 3.44. The van der Waals surface area contributed by atoms with Crippen LogP contribution in [0.2, 0.25) is 0 Å². The van der Waals surface area contributed by atoms with Gasteiger partial charge in [0.2, 0.25) is 6.79 Å². The minimum absolute atomic E-state index is 0.115. The average molecular weight is 395 g/mol. The lowest BCUT2D eigenvalue weighted by molar-refractivity contribution is 0.0388. The number of likely N-dealkylation sites (tertiary alicyclic amines) is 1. The number of carbonyl (C=O) groups excluding carboxylic acids is 1. The predicted octanol–water partition coefficient (Wildman–Crippen LogP) is 3.17. The third-order valence-electron chi connectivity index (χ3n) is 4.48. The summed E-state index contributed by atoms with van der Waals surface area (Å²) in [5, 5.41) is 8.46. The number of rotatable bonds is 5. The molecule has 8 heteroatoms.